The van der Waals surface area contributed by atoms with E-state index in [0.29, 0.717) is 24.7 Å². The molecule has 23 heavy (non-hydrogen) atoms. The van der Waals surface area contributed by atoms with Crippen molar-refractivity contribution in [1.82, 2.24) is 4.90 Å². The summed E-state index contributed by atoms with van der Waals surface area (Å²) in [6.07, 6.45) is -0.618. The number of halogens is 4. The van der Waals surface area contributed by atoms with Gasteiger partial charge in [-0.25, -0.2) is 0 Å². The van der Waals surface area contributed by atoms with Gasteiger partial charge in [0.2, 0.25) is 5.91 Å². The lowest BCUT2D eigenvalue weighted by Crippen LogP contribution is -2.51. The Hall–Kier alpha value is -0.530. The third kappa shape index (κ3) is 3.33. The van der Waals surface area contributed by atoms with Crippen molar-refractivity contribution in [3.63, 3.8) is 0 Å². The number of nitrogens with zero attached hydrogens (tertiary/aromatic N) is 1. The van der Waals surface area contributed by atoms with Crippen LogP contribution in [0.3, 0.4) is 0 Å². The minimum Gasteiger partial charge on any atom is -0.379 e. The van der Waals surface area contributed by atoms with Gasteiger partial charge in [-0.1, -0.05) is 6.42 Å². The van der Waals surface area contributed by atoms with Crippen molar-refractivity contribution in [2.45, 2.75) is 56.3 Å². The Morgan fingerprint density at radius 2 is 1.78 bits per heavy atom. The molecule has 2 saturated carbocycles. The fourth-order valence-corrected chi connectivity index (χ4v) is 4.46. The molecule has 1 heterocycles. The lowest BCUT2D eigenvalue weighted by molar-refractivity contribution is -0.253. The van der Waals surface area contributed by atoms with Crippen molar-refractivity contribution in [3.05, 3.63) is 0 Å². The van der Waals surface area contributed by atoms with Crippen molar-refractivity contribution in [1.29, 1.82) is 0 Å². The summed E-state index contributed by atoms with van der Waals surface area (Å²) in [5.41, 5.74) is 3.44. The molecule has 0 spiro atoms. The number of β-amino-alcohol motifs (C(OH)–C–C–N with tert-alkyl or cyclic N) is 1. The van der Waals surface area contributed by atoms with Crippen LogP contribution < -0.4 is 5.73 Å². The molecule has 1 aliphatic heterocycles. The standard InChI is InChI=1S/C15H23F3N2O2.ClH/c16-15(17,18)14(22)4-5-20(8-14)13(21)11-6-9-2-1-3-10(7-11)12(9)19;/h9-12,22H,1-8,19H2;1H. The summed E-state index contributed by atoms with van der Waals surface area (Å²) < 4.78 is 38.6. The van der Waals surface area contributed by atoms with Gasteiger partial charge in [0, 0.05) is 24.9 Å². The molecule has 3 unspecified atom stereocenters. The van der Waals surface area contributed by atoms with Gasteiger partial charge in [-0.05, 0) is 37.5 Å². The average Bonchev–Trinajstić information content (AvgIpc) is 2.81. The van der Waals surface area contributed by atoms with Crippen LogP contribution in [0.15, 0.2) is 0 Å². The highest BCUT2D eigenvalue weighted by Crippen LogP contribution is 2.44. The molecule has 134 valence electrons. The fourth-order valence-electron chi connectivity index (χ4n) is 4.46. The first-order chi connectivity index (χ1) is 10.2. The first-order valence-electron chi connectivity index (χ1n) is 8.05. The highest BCUT2D eigenvalue weighted by Gasteiger charge is 2.58. The second-order valence-corrected chi connectivity index (χ2v) is 7.24. The van der Waals surface area contributed by atoms with Crippen molar-refractivity contribution in [2.75, 3.05) is 13.1 Å². The fraction of sp³-hybridized carbons (Fsp3) is 0.933. The Balaban J connectivity index is 0.00000192. The number of aliphatic hydroxyl groups is 1. The van der Waals surface area contributed by atoms with Gasteiger partial charge in [0.15, 0.2) is 5.60 Å². The van der Waals surface area contributed by atoms with Gasteiger partial charge in [0.25, 0.3) is 0 Å². The number of hydrogen-bond acceptors (Lipinski definition) is 3. The number of alkyl halides is 3. The topological polar surface area (TPSA) is 66.6 Å². The number of nitrogens with two attached hydrogens (primary N) is 1. The summed E-state index contributed by atoms with van der Waals surface area (Å²) in [6, 6.07) is 0.128. The second-order valence-electron chi connectivity index (χ2n) is 7.24. The summed E-state index contributed by atoms with van der Waals surface area (Å²) in [5.74, 6) is 0.158. The van der Waals surface area contributed by atoms with Gasteiger partial charge in [-0.15, -0.1) is 12.4 Å². The minimum absolute atomic E-state index is 0. The van der Waals surface area contributed by atoms with E-state index >= 15 is 0 Å². The normalized spacial score (nSPS) is 40.7. The Morgan fingerprint density at radius 1 is 1.22 bits per heavy atom. The molecule has 4 nitrogen and oxygen atoms in total. The van der Waals surface area contributed by atoms with E-state index in [1.165, 1.54) is 4.90 Å². The number of carbonyl (C=O) groups excluding carboxylic acids is 1. The van der Waals surface area contributed by atoms with E-state index in [1.54, 1.807) is 0 Å². The molecule has 2 aliphatic carbocycles. The first-order valence-corrected chi connectivity index (χ1v) is 8.05. The molecule has 2 bridgehead atoms. The second kappa shape index (κ2) is 6.41. The lowest BCUT2D eigenvalue weighted by Gasteiger charge is -2.44. The van der Waals surface area contributed by atoms with Crippen LogP contribution >= 0.6 is 12.4 Å². The van der Waals surface area contributed by atoms with E-state index in [-0.39, 0.29) is 36.8 Å². The molecule has 3 atom stereocenters. The monoisotopic (exact) mass is 356 g/mol. The molecule has 3 fully saturated rings. The molecular weight excluding hydrogens is 333 g/mol. The number of hydrogen-bond donors (Lipinski definition) is 2. The van der Waals surface area contributed by atoms with Gasteiger partial charge < -0.3 is 15.7 Å². The highest BCUT2D eigenvalue weighted by atomic mass is 35.5. The Labute approximate surface area is 140 Å². The average molecular weight is 357 g/mol. The molecule has 3 aliphatic rings. The quantitative estimate of drug-likeness (QED) is 0.756. The van der Waals surface area contributed by atoms with Gasteiger partial charge in [-0.2, -0.15) is 13.2 Å². The maximum Gasteiger partial charge on any atom is 0.419 e. The van der Waals surface area contributed by atoms with Gasteiger partial charge in [-0.3, -0.25) is 4.79 Å². The van der Waals surface area contributed by atoms with Crippen molar-refractivity contribution in [3.8, 4) is 0 Å². The Bertz CT molecular complexity index is 448. The van der Waals surface area contributed by atoms with E-state index in [0.717, 1.165) is 19.3 Å². The molecule has 0 aromatic rings. The van der Waals surface area contributed by atoms with Crippen molar-refractivity contribution < 1.29 is 23.1 Å². The highest BCUT2D eigenvalue weighted by molar-refractivity contribution is 5.85. The molecule has 1 amide bonds. The van der Waals surface area contributed by atoms with Gasteiger partial charge >= 0.3 is 6.18 Å². The van der Waals surface area contributed by atoms with E-state index < -0.39 is 24.7 Å². The Morgan fingerprint density at radius 3 is 2.26 bits per heavy atom. The van der Waals surface area contributed by atoms with Crippen LogP contribution in [-0.4, -0.2) is 46.8 Å². The SMILES string of the molecule is Cl.NC1C2CCCC1CC(C(=O)N1CCC(O)(C(F)(F)F)C1)C2. The number of carbonyl (C=O) groups is 1. The zero-order valence-corrected chi connectivity index (χ0v) is 13.7. The molecule has 3 N–H and O–H groups in total. The van der Waals surface area contributed by atoms with Crippen LogP contribution in [0.25, 0.3) is 0 Å². The smallest absolute Gasteiger partial charge is 0.379 e. The molecule has 0 aromatic carbocycles. The predicted molar refractivity (Wildman–Crippen MR) is 81.0 cm³/mol. The van der Waals surface area contributed by atoms with Crippen molar-refractivity contribution in [2.24, 2.45) is 23.5 Å². The van der Waals surface area contributed by atoms with Gasteiger partial charge in [0.05, 0.1) is 6.54 Å². The lowest BCUT2D eigenvalue weighted by atomic mass is 9.65. The molecule has 0 aromatic heterocycles. The van der Waals surface area contributed by atoms with Crippen LogP contribution in [0, 0.1) is 17.8 Å². The summed E-state index contributed by atoms with van der Waals surface area (Å²) in [5, 5.41) is 9.71. The largest absolute Gasteiger partial charge is 0.419 e. The molecule has 1 saturated heterocycles. The van der Waals surface area contributed by atoms with E-state index in [2.05, 4.69) is 0 Å². The number of rotatable bonds is 1. The van der Waals surface area contributed by atoms with Crippen LogP contribution in [0.4, 0.5) is 13.2 Å². The van der Waals surface area contributed by atoms with Gasteiger partial charge in [0.1, 0.15) is 0 Å². The van der Waals surface area contributed by atoms with E-state index in [4.69, 9.17) is 5.73 Å². The maximum absolute atomic E-state index is 12.9. The van der Waals surface area contributed by atoms with E-state index in [9.17, 15) is 23.1 Å². The van der Waals surface area contributed by atoms with Crippen LogP contribution in [0.1, 0.15) is 38.5 Å². The van der Waals surface area contributed by atoms with Crippen LogP contribution in [0.5, 0.6) is 0 Å². The zero-order chi connectivity index (χ0) is 16.1. The number of amides is 1. The molecule has 3 rings (SSSR count). The molecule has 8 heteroatoms. The predicted octanol–water partition coefficient (Wildman–Crippen LogP) is 2.09. The van der Waals surface area contributed by atoms with Crippen LogP contribution in [0.2, 0.25) is 0 Å². The Kier molecular flexibility index (Phi) is 5.24. The molecule has 0 radical (unpaired) electrons. The summed E-state index contributed by atoms with van der Waals surface area (Å²) >= 11 is 0. The van der Waals surface area contributed by atoms with Crippen LogP contribution in [-0.2, 0) is 4.79 Å². The first kappa shape index (κ1) is 18.8. The maximum atomic E-state index is 12.9. The summed E-state index contributed by atoms with van der Waals surface area (Å²) in [6.45, 7) is -0.653. The third-order valence-electron chi connectivity index (χ3n) is 5.85. The van der Waals surface area contributed by atoms with Crippen molar-refractivity contribution >= 4 is 18.3 Å². The summed E-state index contributed by atoms with van der Waals surface area (Å²) in [7, 11) is 0. The number of fused-ring (bicyclic) bond motifs is 2. The number of likely N-dealkylation sites (tertiary alicyclic amines) is 1. The third-order valence-corrected chi connectivity index (χ3v) is 5.85. The summed E-state index contributed by atoms with van der Waals surface area (Å²) in [4.78, 5) is 13.8. The van der Waals surface area contributed by atoms with E-state index in [1.807, 2.05) is 0 Å². The minimum atomic E-state index is -4.69. The molecular formula is C15H24ClF3N2O2. The zero-order valence-electron chi connectivity index (χ0n) is 12.9.